The third-order valence-corrected chi connectivity index (χ3v) is 3.94. The Kier molecular flexibility index (Phi) is 5.90. The lowest BCUT2D eigenvalue weighted by Crippen LogP contribution is -2.24. The number of carbonyl (C=O) groups excluding carboxylic acids is 1. The second kappa shape index (κ2) is 8.53. The maximum Gasteiger partial charge on any atom is 0.387 e. The molecule has 3 rings (SSSR count). The van der Waals surface area contributed by atoms with Crippen molar-refractivity contribution in [2.24, 2.45) is 0 Å². The van der Waals surface area contributed by atoms with Gasteiger partial charge in [0.2, 0.25) is 5.91 Å². The summed E-state index contributed by atoms with van der Waals surface area (Å²) in [6.07, 6.45) is 2.78. The molecule has 1 aliphatic rings. The maximum atomic E-state index is 12.4. The second-order valence-electron chi connectivity index (χ2n) is 5.92. The lowest BCUT2D eigenvalue weighted by molar-refractivity contribution is -0.125. The fraction of sp³-hybridized carbons (Fsp3) is 0.250. The van der Waals surface area contributed by atoms with E-state index in [9.17, 15) is 13.6 Å². The minimum atomic E-state index is -2.92. The van der Waals surface area contributed by atoms with Gasteiger partial charge in [0.05, 0.1) is 0 Å². The van der Waals surface area contributed by atoms with Crippen molar-refractivity contribution in [2.75, 3.05) is 20.3 Å². The highest BCUT2D eigenvalue weighted by Crippen LogP contribution is 2.31. The van der Waals surface area contributed by atoms with Crippen molar-refractivity contribution in [3.63, 3.8) is 0 Å². The number of carbonyl (C=O) groups is 1. The van der Waals surface area contributed by atoms with Gasteiger partial charge < -0.3 is 19.1 Å². The molecule has 0 fully saturated rings. The number of halogens is 2. The molecule has 7 heteroatoms. The molecule has 1 amide bonds. The summed E-state index contributed by atoms with van der Waals surface area (Å²) in [5, 5.41) is 0. The van der Waals surface area contributed by atoms with E-state index in [4.69, 9.17) is 9.47 Å². The van der Waals surface area contributed by atoms with Crippen LogP contribution in [-0.4, -0.2) is 37.7 Å². The van der Waals surface area contributed by atoms with Gasteiger partial charge in [0.25, 0.3) is 0 Å². The van der Waals surface area contributed by atoms with Crippen LogP contribution >= 0.6 is 0 Å². The van der Waals surface area contributed by atoms with Gasteiger partial charge in [-0.3, -0.25) is 4.79 Å². The molecular weight excluding hydrogens is 356 g/mol. The molecule has 142 valence electrons. The minimum Gasteiger partial charge on any atom is -0.486 e. The summed E-state index contributed by atoms with van der Waals surface area (Å²) in [6.45, 7) is -1.54. The number of para-hydroxylation sites is 1. The molecule has 0 aliphatic carbocycles. The quantitative estimate of drug-likeness (QED) is 0.722. The molecule has 1 heterocycles. The number of benzene rings is 2. The van der Waals surface area contributed by atoms with Crippen molar-refractivity contribution in [1.82, 2.24) is 4.90 Å². The van der Waals surface area contributed by atoms with E-state index in [0.717, 1.165) is 5.56 Å². The number of alkyl halides is 2. The number of hydrogen-bond acceptors (Lipinski definition) is 4. The van der Waals surface area contributed by atoms with Crippen molar-refractivity contribution in [3.8, 4) is 17.2 Å². The molecule has 0 saturated heterocycles. The summed E-state index contributed by atoms with van der Waals surface area (Å²) < 4.78 is 40.4. The molecule has 0 spiro atoms. The summed E-state index contributed by atoms with van der Waals surface area (Å²) in [7, 11) is 1.66. The second-order valence-corrected chi connectivity index (χ2v) is 5.92. The Hall–Kier alpha value is -3.09. The third-order valence-electron chi connectivity index (χ3n) is 3.94. The Morgan fingerprint density at radius 2 is 1.93 bits per heavy atom. The van der Waals surface area contributed by atoms with Crippen molar-refractivity contribution in [3.05, 3.63) is 59.7 Å². The van der Waals surface area contributed by atoms with Crippen LogP contribution in [0.3, 0.4) is 0 Å². The lowest BCUT2D eigenvalue weighted by atomic mass is 10.1. The van der Waals surface area contributed by atoms with Crippen LogP contribution in [0.4, 0.5) is 8.78 Å². The molecule has 0 aromatic heterocycles. The highest BCUT2D eigenvalue weighted by molar-refractivity contribution is 5.92. The molecule has 0 unspecified atom stereocenters. The molecular formula is C20H19F2NO4. The van der Waals surface area contributed by atoms with E-state index in [1.165, 1.54) is 23.1 Å². The van der Waals surface area contributed by atoms with E-state index in [0.29, 0.717) is 36.8 Å². The number of likely N-dealkylation sites (N-methyl/N-ethyl adjacent to an activating group) is 1. The van der Waals surface area contributed by atoms with Crippen LogP contribution in [0.25, 0.3) is 6.08 Å². The van der Waals surface area contributed by atoms with Crippen LogP contribution in [0, 0.1) is 0 Å². The number of amides is 1. The van der Waals surface area contributed by atoms with E-state index in [-0.39, 0.29) is 11.7 Å². The highest BCUT2D eigenvalue weighted by atomic mass is 19.3. The Morgan fingerprint density at radius 1 is 1.19 bits per heavy atom. The van der Waals surface area contributed by atoms with E-state index < -0.39 is 6.61 Å². The molecule has 0 bridgehead atoms. The molecule has 27 heavy (non-hydrogen) atoms. The summed E-state index contributed by atoms with van der Waals surface area (Å²) in [6, 6.07) is 11.8. The van der Waals surface area contributed by atoms with Crippen LogP contribution < -0.4 is 14.2 Å². The fourth-order valence-electron chi connectivity index (χ4n) is 2.65. The highest BCUT2D eigenvalue weighted by Gasteiger charge is 2.14. The molecule has 1 aliphatic heterocycles. The van der Waals surface area contributed by atoms with Crippen LogP contribution in [0.15, 0.2) is 48.5 Å². The Labute approximate surface area is 155 Å². The first-order valence-corrected chi connectivity index (χ1v) is 8.38. The van der Waals surface area contributed by atoms with E-state index in [2.05, 4.69) is 4.74 Å². The summed E-state index contributed by atoms with van der Waals surface area (Å²) in [4.78, 5) is 13.8. The lowest BCUT2D eigenvalue weighted by Gasteiger charge is -2.20. The van der Waals surface area contributed by atoms with Crippen LogP contribution in [0.5, 0.6) is 17.2 Å². The zero-order valence-electron chi connectivity index (χ0n) is 14.7. The van der Waals surface area contributed by atoms with E-state index in [1.54, 1.807) is 25.2 Å². The van der Waals surface area contributed by atoms with Crippen molar-refractivity contribution < 1.29 is 27.8 Å². The Morgan fingerprint density at radius 3 is 2.70 bits per heavy atom. The van der Waals surface area contributed by atoms with Crippen LogP contribution in [0.2, 0.25) is 0 Å². The third kappa shape index (κ3) is 4.97. The first kappa shape index (κ1) is 18.7. The maximum absolute atomic E-state index is 12.4. The monoisotopic (exact) mass is 375 g/mol. The average molecular weight is 375 g/mol. The van der Waals surface area contributed by atoms with Crippen LogP contribution in [-0.2, 0) is 11.3 Å². The summed E-state index contributed by atoms with van der Waals surface area (Å²) in [5.41, 5.74) is 1.30. The van der Waals surface area contributed by atoms with Crippen LogP contribution in [0.1, 0.15) is 11.1 Å². The van der Waals surface area contributed by atoms with Gasteiger partial charge in [-0.15, -0.1) is 0 Å². The molecule has 2 aromatic carbocycles. The van der Waals surface area contributed by atoms with Gasteiger partial charge >= 0.3 is 6.61 Å². The zero-order chi connectivity index (χ0) is 19.2. The number of rotatable bonds is 6. The fourth-order valence-corrected chi connectivity index (χ4v) is 2.65. The number of hydrogen-bond donors (Lipinski definition) is 0. The topological polar surface area (TPSA) is 48.0 Å². The first-order valence-electron chi connectivity index (χ1n) is 8.38. The molecule has 0 radical (unpaired) electrons. The molecule has 0 N–H and O–H groups in total. The SMILES string of the molecule is CN(Cc1ccc2c(c1)OCCO2)C(=O)/C=C/c1ccccc1OC(F)F. The molecule has 0 saturated carbocycles. The van der Waals surface area contributed by atoms with E-state index in [1.807, 2.05) is 18.2 Å². The standard InChI is InChI=1S/C20H19F2NO4/c1-23(13-14-6-8-17-18(12-14)26-11-10-25-17)19(24)9-7-15-4-2-3-5-16(15)27-20(21)22/h2-9,12,20H,10-11,13H2,1H3/b9-7+. The first-order chi connectivity index (χ1) is 13.0. The zero-order valence-corrected chi connectivity index (χ0v) is 14.7. The van der Waals surface area contributed by atoms with Gasteiger partial charge in [-0.25, -0.2) is 0 Å². The van der Waals surface area contributed by atoms with Crippen molar-refractivity contribution >= 4 is 12.0 Å². The largest absolute Gasteiger partial charge is 0.486 e. The van der Waals surface area contributed by atoms with Gasteiger partial charge in [-0.2, -0.15) is 8.78 Å². The predicted octanol–water partition coefficient (Wildman–Crippen LogP) is 3.73. The Balaban J connectivity index is 1.65. The normalized spacial score (nSPS) is 13.0. The smallest absolute Gasteiger partial charge is 0.387 e. The predicted molar refractivity (Wildman–Crippen MR) is 96.0 cm³/mol. The Bertz CT molecular complexity index is 838. The molecule has 2 aromatic rings. The minimum absolute atomic E-state index is 0.0195. The van der Waals surface area contributed by atoms with Gasteiger partial charge in [-0.1, -0.05) is 24.3 Å². The number of ether oxygens (including phenoxy) is 3. The number of nitrogens with zero attached hydrogens (tertiary/aromatic N) is 1. The average Bonchev–Trinajstić information content (AvgIpc) is 2.66. The summed E-state index contributed by atoms with van der Waals surface area (Å²) >= 11 is 0. The number of fused-ring (bicyclic) bond motifs is 1. The van der Waals surface area contributed by atoms with Crippen molar-refractivity contribution in [1.29, 1.82) is 0 Å². The summed E-state index contributed by atoms with van der Waals surface area (Å²) in [5.74, 6) is 1.10. The van der Waals surface area contributed by atoms with E-state index >= 15 is 0 Å². The van der Waals surface area contributed by atoms with Gasteiger partial charge in [0, 0.05) is 25.2 Å². The molecule has 5 nitrogen and oxygen atoms in total. The van der Waals surface area contributed by atoms with Gasteiger partial charge in [0.15, 0.2) is 11.5 Å². The van der Waals surface area contributed by atoms with Crippen molar-refractivity contribution in [2.45, 2.75) is 13.2 Å². The van der Waals surface area contributed by atoms with Gasteiger partial charge in [0.1, 0.15) is 19.0 Å². The molecule has 0 atom stereocenters. The van der Waals surface area contributed by atoms with Gasteiger partial charge in [-0.05, 0) is 29.8 Å².